The zero-order chi connectivity index (χ0) is 17.5. The van der Waals surface area contributed by atoms with Gasteiger partial charge in [0.25, 0.3) is 0 Å². The van der Waals surface area contributed by atoms with Crippen LogP contribution in [0.4, 0.5) is 4.79 Å². The zero-order valence-electron chi connectivity index (χ0n) is 16.0. The Bertz CT molecular complexity index is 448. The maximum absolute atomic E-state index is 12.5. The van der Waals surface area contributed by atoms with Gasteiger partial charge >= 0.3 is 6.09 Å². The van der Waals surface area contributed by atoms with Crippen LogP contribution in [0.5, 0.6) is 0 Å². The second-order valence-electron chi connectivity index (χ2n) is 9.16. The molecule has 3 aliphatic heterocycles. The standard InChI is InChI=1S/C19H35N3O2/c1-13-10-14(8-9-21(13)5)20-15-11-16-6-7-17(12-15)22(16)18(23)24-19(2,3)4/h13-17,20H,6-12H2,1-5H3/t13-,14-,15?,16-,17+/m0/s1. The molecule has 3 rings (SSSR count). The van der Waals surface area contributed by atoms with E-state index in [1.165, 1.54) is 19.4 Å². The SMILES string of the molecule is C[C@H]1C[C@@H](NC2C[C@H]3CC[C@@H](C2)N3C(=O)OC(C)(C)C)CCN1C. The number of amides is 1. The summed E-state index contributed by atoms with van der Waals surface area (Å²) in [7, 11) is 2.22. The molecule has 5 atom stereocenters. The van der Waals surface area contributed by atoms with Crippen LogP contribution >= 0.6 is 0 Å². The summed E-state index contributed by atoms with van der Waals surface area (Å²) < 4.78 is 5.63. The third-order valence-corrected chi connectivity index (χ3v) is 6.02. The number of likely N-dealkylation sites (tertiary alicyclic amines) is 1. The van der Waals surface area contributed by atoms with E-state index in [4.69, 9.17) is 4.74 Å². The van der Waals surface area contributed by atoms with Crippen LogP contribution in [0.1, 0.15) is 66.2 Å². The van der Waals surface area contributed by atoms with Crippen molar-refractivity contribution in [3.63, 3.8) is 0 Å². The van der Waals surface area contributed by atoms with Crippen LogP contribution in [0.25, 0.3) is 0 Å². The molecular formula is C19H35N3O2. The van der Waals surface area contributed by atoms with E-state index in [1.807, 2.05) is 25.7 Å². The number of piperidine rings is 2. The van der Waals surface area contributed by atoms with E-state index in [9.17, 15) is 4.79 Å². The average Bonchev–Trinajstić information content (AvgIpc) is 2.73. The summed E-state index contributed by atoms with van der Waals surface area (Å²) in [6.07, 6.45) is 6.78. The van der Waals surface area contributed by atoms with Gasteiger partial charge in [0.15, 0.2) is 0 Å². The molecular weight excluding hydrogens is 302 g/mol. The minimum absolute atomic E-state index is 0.110. The maximum atomic E-state index is 12.5. The fraction of sp³-hybridized carbons (Fsp3) is 0.947. The predicted molar refractivity (Wildman–Crippen MR) is 96.2 cm³/mol. The Kier molecular flexibility index (Phi) is 5.12. The van der Waals surface area contributed by atoms with E-state index in [2.05, 4.69) is 24.2 Å². The molecule has 138 valence electrons. The molecule has 1 N–H and O–H groups in total. The van der Waals surface area contributed by atoms with Gasteiger partial charge in [-0.1, -0.05) is 0 Å². The number of ether oxygens (including phenoxy) is 1. The van der Waals surface area contributed by atoms with E-state index >= 15 is 0 Å². The maximum Gasteiger partial charge on any atom is 0.410 e. The highest BCUT2D eigenvalue weighted by atomic mass is 16.6. The molecule has 5 heteroatoms. The van der Waals surface area contributed by atoms with Crippen molar-refractivity contribution in [3.05, 3.63) is 0 Å². The van der Waals surface area contributed by atoms with E-state index < -0.39 is 5.60 Å². The third kappa shape index (κ3) is 4.05. The van der Waals surface area contributed by atoms with Gasteiger partial charge in [-0.15, -0.1) is 0 Å². The van der Waals surface area contributed by atoms with Gasteiger partial charge < -0.3 is 19.9 Å². The number of hydrogen-bond acceptors (Lipinski definition) is 4. The molecule has 3 fully saturated rings. The fourth-order valence-corrected chi connectivity index (χ4v) is 4.70. The van der Waals surface area contributed by atoms with E-state index in [-0.39, 0.29) is 6.09 Å². The Hall–Kier alpha value is -0.810. The van der Waals surface area contributed by atoms with E-state index in [0.29, 0.717) is 30.2 Å². The van der Waals surface area contributed by atoms with Crippen LogP contribution in [-0.2, 0) is 4.74 Å². The van der Waals surface area contributed by atoms with Crippen molar-refractivity contribution >= 4 is 6.09 Å². The number of fused-ring (bicyclic) bond motifs is 2. The first-order valence-electron chi connectivity index (χ1n) is 9.70. The number of carbonyl (C=O) groups is 1. The number of nitrogens with zero attached hydrogens (tertiary/aromatic N) is 2. The molecule has 1 unspecified atom stereocenters. The zero-order valence-corrected chi connectivity index (χ0v) is 16.0. The molecule has 2 bridgehead atoms. The first-order valence-corrected chi connectivity index (χ1v) is 9.70. The highest BCUT2D eigenvalue weighted by Gasteiger charge is 2.45. The lowest BCUT2D eigenvalue weighted by atomic mass is 9.93. The van der Waals surface area contributed by atoms with Crippen molar-refractivity contribution in [1.82, 2.24) is 15.1 Å². The number of rotatable bonds is 2. The second kappa shape index (κ2) is 6.83. The van der Waals surface area contributed by atoms with Crippen molar-refractivity contribution in [2.24, 2.45) is 0 Å². The predicted octanol–water partition coefficient (Wildman–Crippen LogP) is 2.99. The van der Waals surface area contributed by atoms with Crippen LogP contribution in [0.2, 0.25) is 0 Å². The fourth-order valence-electron chi connectivity index (χ4n) is 4.70. The normalized spacial score (nSPS) is 37.5. The Morgan fingerprint density at radius 2 is 1.67 bits per heavy atom. The van der Waals surface area contributed by atoms with Gasteiger partial charge in [-0.2, -0.15) is 0 Å². The van der Waals surface area contributed by atoms with Crippen molar-refractivity contribution < 1.29 is 9.53 Å². The lowest BCUT2D eigenvalue weighted by Gasteiger charge is -2.42. The van der Waals surface area contributed by atoms with Crippen LogP contribution < -0.4 is 5.32 Å². The molecule has 0 spiro atoms. The summed E-state index contributed by atoms with van der Waals surface area (Å²) in [4.78, 5) is 17.0. The molecule has 0 aromatic carbocycles. The molecule has 24 heavy (non-hydrogen) atoms. The van der Waals surface area contributed by atoms with Crippen LogP contribution in [-0.4, -0.2) is 65.3 Å². The first-order chi connectivity index (χ1) is 11.2. The van der Waals surface area contributed by atoms with Crippen molar-refractivity contribution in [3.8, 4) is 0 Å². The van der Waals surface area contributed by atoms with Gasteiger partial charge in [-0.25, -0.2) is 4.79 Å². The second-order valence-corrected chi connectivity index (χ2v) is 9.16. The van der Waals surface area contributed by atoms with Gasteiger partial charge in [0.05, 0.1) is 0 Å². The number of nitrogens with one attached hydrogen (secondary N) is 1. The monoisotopic (exact) mass is 337 g/mol. The lowest BCUT2D eigenvalue weighted by molar-refractivity contribution is 0.00372. The minimum Gasteiger partial charge on any atom is -0.444 e. The summed E-state index contributed by atoms with van der Waals surface area (Å²) in [5.41, 5.74) is -0.407. The summed E-state index contributed by atoms with van der Waals surface area (Å²) in [5.74, 6) is 0. The highest BCUT2D eigenvalue weighted by molar-refractivity contribution is 5.69. The first kappa shape index (κ1) is 18.0. The van der Waals surface area contributed by atoms with Gasteiger partial charge in [0, 0.05) is 30.2 Å². The Labute approximate surface area is 147 Å². The smallest absolute Gasteiger partial charge is 0.410 e. The Morgan fingerprint density at radius 3 is 2.21 bits per heavy atom. The molecule has 3 saturated heterocycles. The summed E-state index contributed by atoms with van der Waals surface area (Å²) in [6, 6.07) is 2.57. The molecule has 5 nitrogen and oxygen atoms in total. The molecule has 0 aliphatic carbocycles. The van der Waals surface area contributed by atoms with Crippen LogP contribution in [0.3, 0.4) is 0 Å². The van der Waals surface area contributed by atoms with Crippen molar-refractivity contribution in [2.75, 3.05) is 13.6 Å². The van der Waals surface area contributed by atoms with Crippen molar-refractivity contribution in [2.45, 2.75) is 102 Å². The van der Waals surface area contributed by atoms with Crippen LogP contribution in [0, 0.1) is 0 Å². The third-order valence-electron chi connectivity index (χ3n) is 6.02. The summed E-state index contributed by atoms with van der Waals surface area (Å²) >= 11 is 0. The largest absolute Gasteiger partial charge is 0.444 e. The van der Waals surface area contributed by atoms with Crippen LogP contribution in [0.15, 0.2) is 0 Å². The van der Waals surface area contributed by atoms with E-state index in [1.54, 1.807) is 0 Å². The number of carbonyl (C=O) groups excluding carboxylic acids is 1. The summed E-state index contributed by atoms with van der Waals surface area (Å²) in [6.45, 7) is 9.35. The van der Waals surface area contributed by atoms with Crippen molar-refractivity contribution in [1.29, 1.82) is 0 Å². The minimum atomic E-state index is -0.407. The van der Waals surface area contributed by atoms with Gasteiger partial charge in [0.1, 0.15) is 5.60 Å². The Morgan fingerprint density at radius 1 is 1.04 bits per heavy atom. The molecule has 0 saturated carbocycles. The van der Waals surface area contributed by atoms with Gasteiger partial charge in [0.2, 0.25) is 0 Å². The quantitative estimate of drug-likeness (QED) is 0.841. The molecule has 0 aromatic rings. The summed E-state index contributed by atoms with van der Waals surface area (Å²) in [5, 5.41) is 3.91. The van der Waals surface area contributed by atoms with Gasteiger partial charge in [-0.3, -0.25) is 0 Å². The molecule has 0 radical (unpaired) electrons. The molecule has 0 aromatic heterocycles. The molecule has 3 heterocycles. The molecule has 1 amide bonds. The topological polar surface area (TPSA) is 44.8 Å². The highest BCUT2D eigenvalue weighted by Crippen LogP contribution is 2.37. The van der Waals surface area contributed by atoms with Gasteiger partial charge in [-0.05, 0) is 79.8 Å². The lowest BCUT2D eigenvalue weighted by Crippen LogP contribution is -2.55. The average molecular weight is 338 g/mol. The number of hydrogen-bond donors (Lipinski definition) is 1. The van der Waals surface area contributed by atoms with E-state index in [0.717, 1.165) is 25.7 Å². The molecule has 3 aliphatic rings. The Balaban J connectivity index is 1.54.